The smallest absolute Gasteiger partial charge is 0.195 e. The predicted molar refractivity (Wildman–Crippen MR) is 86.4 cm³/mol. The summed E-state index contributed by atoms with van der Waals surface area (Å²) in [7, 11) is 0. The highest BCUT2D eigenvalue weighted by Crippen LogP contribution is 2.25. The summed E-state index contributed by atoms with van der Waals surface area (Å²) in [5.74, 6) is -0.155. The number of rotatable bonds is 4. The van der Waals surface area contributed by atoms with Crippen molar-refractivity contribution in [3.63, 3.8) is 0 Å². The highest BCUT2D eigenvalue weighted by molar-refractivity contribution is 6.12. The first-order chi connectivity index (χ1) is 11.3. The highest BCUT2D eigenvalue weighted by Gasteiger charge is 2.15. The summed E-state index contributed by atoms with van der Waals surface area (Å²) >= 11 is 0. The summed E-state index contributed by atoms with van der Waals surface area (Å²) in [5, 5.41) is 19.4. The lowest BCUT2D eigenvalue weighted by molar-refractivity contribution is 0.103. The highest BCUT2D eigenvalue weighted by atomic mass is 16.1. The van der Waals surface area contributed by atoms with E-state index in [1.165, 1.54) is 0 Å². The Morgan fingerprint density at radius 3 is 2.52 bits per heavy atom. The van der Waals surface area contributed by atoms with Gasteiger partial charge in [-0.15, -0.1) is 5.11 Å². The number of carbonyl (C=O) groups is 1. The van der Waals surface area contributed by atoms with Crippen LogP contribution in [0.1, 0.15) is 34.3 Å². The van der Waals surface area contributed by atoms with E-state index in [4.69, 9.17) is 5.26 Å². The first kappa shape index (κ1) is 14.9. The molecule has 1 saturated heterocycles. The molecule has 2 aromatic rings. The van der Waals surface area contributed by atoms with Gasteiger partial charge in [-0.1, -0.05) is 35.6 Å². The molecular weight excluding hydrogens is 288 g/mol. The lowest BCUT2D eigenvalue weighted by atomic mass is 10.00. The van der Waals surface area contributed by atoms with Gasteiger partial charge in [-0.3, -0.25) is 9.80 Å². The van der Waals surface area contributed by atoms with Gasteiger partial charge in [0.15, 0.2) is 5.78 Å². The summed E-state index contributed by atoms with van der Waals surface area (Å²) in [6.45, 7) is 1.78. The summed E-state index contributed by atoms with van der Waals surface area (Å²) in [4.78, 5) is 12.7. The van der Waals surface area contributed by atoms with Crippen molar-refractivity contribution in [3.05, 3.63) is 65.2 Å². The lowest BCUT2D eigenvalue weighted by Crippen LogP contribution is -2.09. The number of nitrogens with zero attached hydrogens (tertiary/aromatic N) is 4. The molecule has 0 unspecified atom stereocenters. The van der Waals surface area contributed by atoms with E-state index in [9.17, 15) is 4.79 Å². The SMILES string of the molecule is N#Cc1ccc(N=NN2CCCC2)c(C(=O)c2ccccc2)c1. The molecule has 114 valence electrons. The summed E-state index contributed by atoms with van der Waals surface area (Å²) in [6, 6.07) is 16.0. The van der Waals surface area contributed by atoms with Crippen LogP contribution < -0.4 is 0 Å². The largest absolute Gasteiger partial charge is 0.289 e. The monoisotopic (exact) mass is 304 g/mol. The molecule has 1 heterocycles. The predicted octanol–water partition coefficient (Wildman–Crippen LogP) is 3.88. The molecular formula is C18H16N4O. The fourth-order valence-electron chi connectivity index (χ4n) is 2.52. The molecule has 0 aliphatic carbocycles. The zero-order valence-corrected chi connectivity index (χ0v) is 12.6. The molecule has 1 aliphatic rings. The van der Waals surface area contributed by atoms with Gasteiger partial charge >= 0.3 is 0 Å². The molecule has 0 N–H and O–H groups in total. The van der Waals surface area contributed by atoms with Gasteiger partial charge in [0.2, 0.25) is 0 Å². The molecule has 1 aliphatic heterocycles. The molecule has 0 radical (unpaired) electrons. The first-order valence-corrected chi connectivity index (χ1v) is 7.58. The number of carbonyl (C=O) groups excluding carboxylic acids is 1. The fraction of sp³-hybridized carbons (Fsp3) is 0.222. The lowest BCUT2D eigenvalue weighted by Gasteiger charge is -2.09. The molecule has 23 heavy (non-hydrogen) atoms. The van der Waals surface area contributed by atoms with Crippen molar-refractivity contribution < 1.29 is 4.79 Å². The summed E-state index contributed by atoms with van der Waals surface area (Å²) in [6.07, 6.45) is 2.23. The molecule has 3 rings (SSSR count). The molecule has 5 nitrogen and oxygen atoms in total. The van der Waals surface area contributed by atoms with E-state index in [1.807, 2.05) is 23.2 Å². The minimum absolute atomic E-state index is 0.155. The minimum Gasteiger partial charge on any atom is -0.289 e. The number of nitriles is 1. The van der Waals surface area contributed by atoms with Crippen LogP contribution in [0.4, 0.5) is 5.69 Å². The van der Waals surface area contributed by atoms with E-state index in [2.05, 4.69) is 16.4 Å². The van der Waals surface area contributed by atoms with Crippen molar-refractivity contribution in [3.8, 4) is 6.07 Å². The zero-order valence-electron chi connectivity index (χ0n) is 12.6. The van der Waals surface area contributed by atoms with Gasteiger partial charge in [-0.2, -0.15) is 5.26 Å². The van der Waals surface area contributed by atoms with E-state index in [0.29, 0.717) is 22.4 Å². The first-order valence-electron chi connectivity index (χ1n) is 7.58. The quantitative estimate of drug-likeness (QED) is 0.635. The van der Waals surface area contributed by atoms with Crippen LogP contribution in [0.5, 0.6) is 0 Å². The molecule has 2 aromatic carbocycles. The Morgan fingerprint density at radius 1 is 1.09 bits per heavy atom. The van der Waals surface area contributed by atoms with Crippen molar-refractivity contribution in [2.45, 2.75) is 12.8 Å². The maximum Gasteiger partial charge on any atom is 0.195 e. The number of hydrogen-bond acceptors (Lipinski definition) is 4. The van der Waals surface area contributed by atoms with Crippen molar-refractivity contribution in [2.24, 2.45) is 10.3 Å². The Labute approximate surface area is 134 Å². The second kappa shape index (κ2) is 6.84. The normalized spacial score (nSPS) is 14.1. The molecule has 0 atom stereocenters. The van der Waals surface area contributed by atoms with E-state index in [-0.39, 0.29) is 5.78 Å². The second-order valence-corrected chi connectivity index (χ2v) is 5.39. The van der Waals surface area contributed by atoms with E-state index in [1.54, 1.807) is 30.3 Å². The van der Waals surface area contributed by atoms with Crippen molar-refractivity contribution in [2.75, 3.05) is 13.1 Å². The fourth-order valence-corrected chi connectivity index (χ4v) is 2.52. The Hall–Kier alpha value is -3.00. The number of ketones is 1. The third-order valence-corrected chi connectivity index (χ3v) is 3.77. The maximum absolute atomic E-state index is 12.7. The Bertz CT molecular complexity index is 771. The van der Waals surface area contributed by atoms with Crippen LogP contribution >= 0.6 is 0 Å². The summed E-state index contributed by atoms with van der Waals surface area (Å²) in [5.41, 5.74) is 1.90. The van der Waals surface area contributed by atoms with Crippen LogP contribution in [0, 0.1) is 11.3 Å². The van der Waals surface area contributed by atoms with Gasteiger partial charge in [0.05, 0.1) is 22.9 Å². The molecule has 5 heteroatoms. The minimum atomic E-state index is -0.155. The Morgan fingerprint density at radius 2 is 1.83 bits per heavy atom. The van der Waals surface area contributed by atoms with Crippen molar-refractivity contribution >= 4 is 11.5 Å². The third kappa shape index (κ3) is 3.43. The second-order valence-electron chi connectivity index (χ2n) is 5.39. The van der Waals surface area contributed by atoms with Crippen LogP contribution in [0.2, 0.25) is 0 Å². The van der Waals surface area contributed by atoms with Gasteiger partial charge in [-0.25, -0.2) is 0 Å². The Balaban J connectivity index is 1.96. The van der Waals surface area contributed by atoms with Crippen LogP contribution in [0.15, 0.2) is 58.9 Å². The van der Waals surface area contributed by atoms with Crippen LogP contribution in [0.3, 0.4) is 0 Å². The average Bonchev–Trinajstić information content (AvgIpc) is 3.13. The molecule has 0 saturated carbocycles. The molecule has 0 spiro atoms. The van der Waals surface area contributed by atoms with Crippen LogP contribution in [0.25, 0.3) is 0 Å². The standard InChI is InChI=1S/C18H16N4O/c19-13-14-8-9-17(20-21-22-10-4-5-11-22)16(12-14)18(23)15-6-2-1-3-7-15/h1-3,6-9,12H,4-5,10-11H2. The van der Waals surface area contributed by atoms with Gasteiger partial charge in [0.1, 0.15) is 0 Å². The van der Waals surface area contributed by atoms with Gasteiger partial charge < -0.3 is 0 Å². The van der Waals surface area contributed by atoms with Crippen molar-refractivity contribution in [1.82, 2.24) is 5.01 Å². The molecule has 0 bridgehead atoms. The van der Waals surface area contributed by atoms with Crippen molar-refractivity contribution in [1.29, 1.82) is 5.26 Å². The van der Waals surface area contributed by atoms with E-state index >= 15 is 0 Å². The molecule has 1 fully saturated rings. The zero-order chi connectivity index (χ0) is 16.1. The topological polar surface area (TPSA) is 68.8 Å². The average molecular weight is 304 g/mol. The molecule has 0 amide bonds. The van der Waals surface area contributed by atoms with Crippen LogP contribution in [-0.2, 0) is 0 Å². The van der Waals surface area contributed by atoms with Gasteiger partial charge in [-0.05, 0) is 31.0 Å². The van der Waals surface area contributed by atoms with Gasteiger partial charge in [0.25, 0.3) is 0 Å². The third-order valence-electron chi connectivity index (χ3n) is 3.77. The maximum atomic E-state index is 12.7. The Kier molecular flexibility index (Phi) is 4.44. The van der Waals surface area contributed by atoms with Gasteiger partial charge in [0, 0.05) is 18.7 Å². The number of benzene rings is 2. The summed E-state index contributed by atoms with van der Waals surface area (Å²) < 4.78 is 0. The van der Waals surface area contributed by atoms with Crippen LogP contribution in [-0.4, -0.2) is 23.9 Å². The number of hydrogen-bond donors (Lipinski definition) is 0. The van der Waals surface area contributed by atoms with E-state index in [0.717, 1.165) is 25.9 Å². The van der Waals surface area contributed by atoms with E-state index < -0.39 is 0 Å². The molecule has 0 aromatic heterocycles.